The van der Waals surface area contributed by atoms with Crippen molar-refractivity contribution in [1.29, 1.82) is 0 Å². The van der Waals surface area contributed by atoms with Gasteiger partial charge in [0.05, 0.1) is 19.9 Å². The number of likely N-dealkylation sites (tertiary alicyclic amines) is 1. The zero-order valence-corrected chi connectivity index (χ0v) is 15.9. The molecule has 1 aromatic carbocycles. The highest BCUT2D eigenvalue weighted by Gasteiger charge is 2.29. The summed E-state index contributed by atoms with van der Waals surface area (Å²) >= 11 is 0. The minimum atomic E-state index is 0.175. The molecule has 6 heteroatoms. The summed E-state index contributed by atoms with van der Waals surface area (Å²) in [5, 5.41) is 3.95. The number of aryl methyl sites for hydroxylation is 2. The van der Waals surface area contributed by atoms with Gasteiger partial charge in [0.2, 0.25) is 5.91 Å². The van der Waals surface area contributed by atoms with Gasteiger partial charge in [-0.1, -0.05) is 5.16 Å². The third-order valence-corrected chi connectivity index (χ3v) is 5.19. The van der Waals surface area contributed by atoms with E-state index in [1.807, 2.05) is 36.9 Å². The SMILES string of the molecule is COc1ccc(OC)c(C2CCN(C(=O)CCc3c(C)noc3C)C2)c1. The minimum absolute atomic E-state index is 0.175. The quantitative estimate of drug-likeness (QED) is 0.793. The summed E-state index contributed by atoms with van der Waals surface area (Å²) < 4.78 is 16.0. The van der Waals surface area contributed by atoms with Gasteiger partial charge in [0.1, 0.15) is 17.3 Å². The predicted octanol–water partition coefficient (Wildman–Crippen LogP) is 3.26. The smallest absolute Gasteiger partial charge is 0.222 e. The summed E-state index contributed by atoms with van der Waals surface area (Å²) in [5.74, 6) is 2.90. The number of amides is 1. The van der Waals surface area contributed by atoms with Crippen LogP contribution in [0.1, 0.15) is 41.3 Å². The zero-order chi connectivity index (χ0) is 18.7. The number of benzene rings is 1. The molecule has 0 spiro atoms. The fourth-order valence-corrected chi connectivity index (χ4v) is 3.65. The Labute approximate surface area is 154 Å². The van der Waals surface area contributed by atoms with Crippen LogP contribution in [0.25, 0.3) is 0 Å². The van der Waals surface area contributed by atoms with Gasteiger partial charge in [-0.2, -0.15) is 0 Å². The van der Waals surface area contributed by atoms with Gasteiger partial charge in [-0.25, -0.2) is 0 Å². The number of carbonyl (C=O) groups excluding carboxylic acids is 1. The van der Waals surface area contributed by atoms with Gasteiger partial charge < -0.3 is 18.9 Å². The van der Waals surface area contributed by atoms with Crippen LogP contribution in [0.4, 0.5) is 0 Å². The first-order valence-electron chi connectivity index (χ1n) is 8.95. The molecule has 0 aliphatic carbocycles. The molecule has 1 aliphatic rings. The maximum atomic E-state index is 12.6. The van der Waals surface area contributed by atoms with Crippen LogP contribution in [0, 0.1) is 13.8 Å². The number of ether oxygens (including phenoxy) is 2. The topological polar surface area (TPSA) is 64.8 Å². The summed E-state index contributed by atoms with van der Waals surface area (Å²) in [7, 11) is 3.33. The van der Waals surface area contributed by atoms with Crippen molar-refractivity contribution in [3.63, 3.8) is 0 Å². The first-order chi connectivity index (χ1) is 12.5. The molecule has 0 radical (unpaired) electrons. The van der Waals surface area contributed by atoms with Gasteiger partial charge in [-0.05, 0) is 44.9 Å². The standard InChI is InChI=1S/C20H26N2O4/c1-13-17(14(2)26-21-13)6-8-20(23)22-10-9-15(12-22)18-11-16(24-3)5-7-19(18)25-4/h5,7,11,15H,6,8-10,12H2,1-4H3. The van der Waals surface area contributed by atoms with Gasteiger partial charge in [0.15, 0.2) is 0 Å². The second-order valence-corrected chi connectivity index (χ2v) is 6.74. The molecule has 1 atom stereocenters. The first kappa shape index (κ1) is 18.3. The Morgan fingerprint density at radius 2 is 2.12 bits per heavy atom. The highest BCUT2D eigenvalue weighted by molar-refractivity contribution is 5.77. The molecule has 6 nitrogen and oxygen atoms in total. The summed E-state index contributed by atoms with van der Waals surface area (Å²) in [5.41, 5.74) is 3.02. The Hall–Kier alpha value is -2.50. The van der Waals surface area contributed by atoms with Gasteiger partial charge in [0, 0.05) is 36.6 Å². The molecule has 0 bridgehead atoms. The lowest BCUT2D eigenvalue weighted by Gasteiger charge is -2.18. The number of hydrogen-bond acceptors (Lipinski definition) is 5. The van der Waals surface area contributed by atoms with Crippen molar-refractivity contribution >= 4 is 5.91 Å². The van der Waals surface area contributed by atoms with E-state index >= 15 is 0 Å². The third-order valence-electron chi connectivity index (χ3n) is 5.19. The molecule has 1 aliphatic heterocycles. The Bertz CT molecular complexity index is 765. The van der Waals surface area contributed by atoms with Crippen molar-refractivity contribution < 1.29 is 18.8 Å². The van der Waals surface area contributed by atoms with Crippen LogP contribution in [0.3, 0.4) is 0 Å². The minimum Gasteiger partial charge on any atom is -0.497 e. The monoisotopic (exact) mass is 358 g/mol. The van der Waals surface area contributed by atoms with E-state index in [9.17, 15) is 4.79 Å². The van der Waals surface area contributed by atoms with Crippen LogP contribution in [0.2, 0.25) is 0 Å². The van der Waals surface area contributed by atoms with Crippen molar-refractivity contribution in [3.8, 4) is 11.5 Å². The van der Waals surface area contributed by atoms with E-state index in [2.05, 4.69) is 5.16 Å². The summed E-state index contributed by atoms with van der Waals surface area (Å²) in [6, 6.07) is 5.83. The van der Waals surface area contributed by atoms with Crippen molar-refractivity contribution in [2.24, 2.45) is 0 Å². The molecule has 2 aromatic rings. The van der Waals surface area contributed by atoms with E-state index in [0.717, 1.165) is 47.0 Å². The molecule has 1 fully saturated rings. The fraction of sp³-hybridized carbons (Fsp3) is 0.500. The molecular weight excluding hydrogens is 332 g/mol. The molecule has 1 amide bonds. The van der Waals surface area contributed by atoms with Crippen LogP contribution in [-0.2, 0) is 11.2 Å². The maximum absolute atomic E-state index is 12.6. The van der Waals surface area contributed by atoms with E-state index in [0.29, 0.717) is 19.4 Å². The third kappa shape index (κ3) is 3.69. The molecular formula is C20H26N2O4. The molecule has 1 unspecified atom stereocenters. The lowest BCUT2D eigenvalue weighted by atomic mass is 9.97. The van der Waals surface area contributed by atoms with Crippen LogP contribution < -0.4 is 9.47 Å². The largest absolute Gasteiger partial charge is 0.497 e. The number of nitrogens with zero attached hydrogens (tertiary/aromatic N) is 2. The van der Waals surface area contributed by atoms with Gasteiger partial charge in [-0.15, -0.1) is 0 Å². The number of rotatable bonds is 6. The molecule has 0 N–H and O–H groups in total. The number of methoxy groups -OCH3 is 2. The highest BCUT2D eigenvalue weighted by Crippen LogP contribution is 2.36. The van der Waals surface area contributed by atoms with Crippen molar-refractivity contribution in [2.45, 2.75) is 39.0 Å². The van der Waals surface area contributed by atoms with Crippen molar-refractivity contribution in [1.82, 2.24) is 10.1 Å². The summed E-state index contributed by atoms with van der Waals surface area (Å²) in [4.78, 5) is 14.6. The van der Waals surface area contributed by atoms with E-state index in [1.165, 1.54) is 0 Å². The molecule has 1 aromatic heterocycles. The molecule has 140 valence electrons. The Morgan fingerprint density at radius 3 is 2.77 bits per heavy atom. The van der Waals surface area contributed by atoms with Crippen LogP contribution in [-0.4, -0.2) is 43.3 Å². The highest BCUT2D eigenvalue weighted by atomic mass is 16.5. The second-order valence-electron chi connectivity index (χ2n) is 6.74. The zero-order valence-electron chi connectivity index (χ0n) is 15.9. The molecule has 3 rings (SSSR count). The lowest BCUT2D eigenvalue weighted by Crippen LogP contribution is -2.28. The normalized spacial score (nSPS) is 16.8. The average molecular weight is 358 g/mol. The van der Waals surface area contributed by atoms with Crippen molar-refractivity contribution in [3.05, 3.63) is 40.8 Å². The van der Waals surface area contributed by atoms with E-state index < -0.39 is 0 Å². The number of hydrogen-bond donors (Lipinski definition) is 0. The van der Waals surface area contributed by atoms with Gasteiger partial charge in [-0.3, -0.25) is 4.79 Å². The van der Waals surface area contributed by atoms with E-state index in [1.54, 1.807) is 14.2 Å². The van der Waals surface area contributed by atoms with Crippen LogP contribution >= 0.6 is 0 Å². The maximum Gasteiger partial charge on any atom is 0.222 e. The summed E-state index contributed by atoms with van der Waals surface area (Å²) in [6.07, 6.45) is 2.08. The predicted molar refractivity (Wildman–Crippen MR) is 97.8 cm³/mol. The second kappa shape index (κ2) is 7.81. The van der Waals surface area contributed by atoms with Gasteiger partial charge in [0.25, 0.3) is 0 Å². The molecule has 1 saturated heterocycles. The van der Waals surface area contributed by atoms with E-state index in [-0.39, 0.29) is 11.8 Å². The molecule has 2 heterocycles. The van der Waals surface area contributed by atoms with Crippen LogP contribution in [0.15, 0.2) is 22.7 Å². The number of carbonyl (C=O) groups is 1. The Morgan fingerprint density at radius 1 is 1.31 bits per heavy atom. The Balaban J connectivity index is 1.64. The lowest BCUT2D eigenvalue weighted by molar-refractivity contribution is -0.130. The van der Waals surface area contributed by atoms with Gasteiger partial charge >= 0.3 is 0 Å². The van der Waals surface area contributed by atoms with Crippen molar-refractivity contribution in [2.75, 3.05) is 27.3 Å². The molecule has 0 saturated carbocycles. The average Bonchev–Trinajstić information content (AvgIpc) is 3.27. The summed E-state index contributed by atoms with van der Waals surface area (Å²) in [6.45, 7) is 5.29. The number of aromatic nitrogens is 1. The van der Waals surface area contributed by atoms with E-state index in [4.69, 9.17) is 14.0 Å². The first-order valence-corrected chi connectivity index (χ1v) is 8.95. The van der Waals surface area contributed by atoms with Crippen LogP contribution in [0.5, 0.6) is 11.5 Å². The fourth-order valence-electron chi connectivity index (χ4n) is 3.65. The molecule has 26 heavy (non-hydrogen) atoms. The Kier molecular flexibility index (Phi) is 5.49.